The maximum atomic E-state index is 11.8. The van der Waals surface area contributed by atoms with Gasteiger partial charge in [-0.2, -0.15) is 0 Å². The summed E-state index contributed by atoms with van der Waals surface area (Å²) in [6, 6.07) is 18.3. The van der Waals surface area contributed by atoms with Gasteiger partial charge in [0.2, 0.25) is 0 Å². The first-order chi connectivity index (χ1) is 16.5. The summed E-state index contributed by atoms with van der Waals surface area (Å²) in [6.07, 6.45) is 3.64. The summed E-state index contributed by atoms with van der Waals surface area (Å²) in [4.78, 5) is 22.9. The third-order valence-electron chi connectivity index (χ3n) is 6.33. The zero-order valence-electron chi connectivity index (χ0n) is 19.8. The number of carbonyl (C=O) groups excluding carboxylic acids is 1. The molecular formula is C27H29N5O2. The maximum Gasteiger partial charge on any atom is 0.321 e. The molecule has 1 aliphatic heterocycles. The Morgan fingerprint density at radius 3 is 2.29 bits per heavy atom. The molecule has 1 aliphatic rings. The predicted octanol–water partition coefficient (Wildman–Crippen LogP) is 5.01. The van der Waals surface area contributed by atoms with Crippen LogP contribution in [0.3, 0.4) is 0 Å². The van der Waals surface area contributed by atoms with E-state index in [9.17, 15) is 4.79 Å². The van der Waals surface area contributed by atoms with E-state index in [-0.39, 0.29) is 6.03 Å². The summed E-state index contributed by atoms with van der Waals surface area (Å²) >= 11 is 0. The minimum absolute atomic E-state index is 0.160. The van der Waals surface area contributed by atoms with Gasteiger partial charge in [0.15, 0.2) is 5.58 Å². The Balaban J connectivity index is 1.34. The van der Waals surface area contributed by atoms with E-state index in [4.69, 9.17) is 9.40 Å². The zero-order valence-corrected chi connectivity index (χ0v) is 19.8. The van der Waals surface area contributed by atoms with Gasteiger partial charge in [0, 0.05) is 69.0 Å². The fourth-order valence-electron chi connectivity index (χ4n) is 4.18. The highest BCUT2D eigenvalue weighted by molar-refractivity contribution is 5.93. The van der Waals surface area contributed by atoms with Crippen molar-refractivity contribution in [2.75, 3.05) is 57.5 Å². The van der Waals surface area contributed by atoms with Crippen LogP contribution >= 0.6 is 0 Å². The van der Waals surface area contributed by atoms with Crippen LogP contribution in [0, 0.1) is 0 Å². The summed E-state index contributed by atoms with van der Waals surface area (Å²) in [5.74, 6) is 0. The zero-order chi connectivity index (χ0) is 23.7. The molecule has 7 heteroatoms. The number of fused-ring (bicyclic) bond motifs is 1. The Bertz CT molecular complexity index is 1290. The van der Waals surface area contributed by atoms with Crippen molar-refractivity contribution in [3.05, 3.63) is 67.1 Å². The highest BCUT2D eigenvalue weighted by Crippen LogP contribution is 2.33. The molecule has 0 spiro atoms. The fourth-order valence-corrected chi connectivity index (χ4v) is 4.18. The number of aromatic nitrogens is 1. The summed E-state index contributed by atoms with van der Waals surface area (Å²) in [7, 11) is 5.59. The van der Waals surface area contributed by atoms with Crippen molar-refractivity contribution in [2.24, 2.45) is 0 Å². The van der Waals surface area contributed by atoms with Gasteiger partial charge < -0.3 is 24.4 Å². The number of hydrogen-bond acceptors (Lipinski definition) is 5. The molecule has 2 aromatic carbocycles. The number of likely N-dealkylation sites (N-methyl/N-ethyl adjacent to an activating group) is 1. The van der Waals surface area contributed by atoms with E-state index >= 15 is 0 Å². The van der Waals surface area contributed by atoms with E-state index in [0.717, 1.165) is 65.2 Å². The second kappa shape index (κ2) is 9.19. The number of furan rings is 1. The number of nitrogens with one attached hydrogen (secondary N) is 1. The Hall–Kier alpha value is -3.84. The molecule has 0 bridgehead atoms. The molecule has 7 nitrogen and oxygen atoms in total. The van der Waals surface area contributed by atoms with Crippen LogP contribution in [0.1, 0.15) is 0 Å². The van der Waals surface area contributed by atoms with Crippen LogP contribution in [-0.4, -0.2) is 68.1 Å². The quantitative estimate of drug-likeness (QED) is 0.469. The molecule has 0 aliphatic carbocycles. The Morgan fingerprint density at radius 2 is 1.62 bits per heavy atom. The van der Waals surface area contributed by atoms with Crippen molar-refractivity contribution in [3.63, 3.8) is 0 Å². The summed E-state index contributed by atoms with van der Waals surface area (Å²) in [5, 5.41) is 2.85. The van der Waals surface area contributed by atoms with Gasteiger partial charge in [-0.15, -0.1) is 0 Å². The molecule has 5 rings (SSSR count). The molecular weight excluding hydrogens is 426 g/mol. The number of urea groups is 1. The lowest BCUT2D eigenvalue weighted by Crippen LogP contribution is -2.44. The molecule has 34 heavy (non-hydrogen) atoms. The van der Waals surface area contributed by atoms with Crippen molar-refractivity contribution in [2.45, 2.75) is 0 Å². The lowest BCUT2D eigenvalue weighted by Gasteiger charge is -2.34. The van der Waals surface area contributed by atoms with E-state index in [1.165, 1.54) is 10.6 Å². The molecule has 1 fully saturated rings. The Morgan fingerprint density at radius 1 is 0.941 bits per heavy atom. The first kappa shape index (κ1) is 22.0. The number of amides is 2. The predicted molar refractivity (Wildman–Crippen MR) is 137 cm³/mol. The average molecular weight is 456 g/mol. The molecule has 2 amide bonds. The molecule has 3 heterocycles. The van der Waals surface area contributed by atoms with Crippen LogP contribution in [0.4, 0.5) is 16.2 Å². The molecule has 4 aromatic rings. The number of rotatable bonds is 4. The molecule has 2 aromatic heterocycles. The van der Waals surface area contributed by atoms with Crippen molar-refractivity contribution in [1.82, 2.24) is 14.8 Å². The van der Waals surface area contributed by atoms with Crippen molar-refractivity contribution >= 4 is 28.5 Å². The fraction of sp³-hybridized carbons (Fsp3) is 0.259. The maximum absolute atomic E-state index is 11.8. The van der Waals surface area contributed by atoms with E-state index < -0.39 is 0 Å². The number of piperazine rings is 1. The van der Waals surface area contributed by atoms with Gasteiger partial charge in [-0.25, -0.2) is 4.79 Å². The van der Waals surface area contributed by atoms with Gasteiger partial charge in [0.25, 0.3) is 0 Å². The SMILES string of the molecule is CN1CCN(c2ccc(-c3cnc4c(-c5ccc(NC(=O)N(C)C)cc5)coc4c3)cc2)CC1. The summed E-state index contributed by atoms with van der Waals surface area (Å²) in [5.41, 5.74) is 7.63. The normalized spacial score (nSPS) is 14.4. The standard InChI is InChI=1S/C27H29N5O2/c1-30(2)27(33)29-22-8-4-20(5-9-22)24-18-34-25-16-21(17-28-26(24)25)19-6-10-23(11-7-19)32-14-12-31(3)13-15-32/h4-11,16-18H,12-15H2,1-3H3,(H,29,33). The van der Waals surface area contributed by atoms with Crippen LogP contribution < -0.4 is 10.2 Å². The van der Waals surface area contributed by atoms with Crippen molar-refractivity contribution in [3.8, 4) is 22.3 Å². The second-order valence-electron chi connectivity index (χ2n) is 8.96. The lowest BCUT2D eigenvalue weighted by atomic mass is 10.0. The van der Waals surface area contributed by atoms with Crippen LogP contribution in [0.15, 0.2) is 71.5 Å². The molecule has 0 radical (unpaired) electrons. The van der Waals surface area contributed by atoms with E-state index in [2.05, 4.69) is 46.4 Å². The number of hydrogen-bond donors (Lipinski definition) is 1. The second-order valence-corrected chi connectivity index (χ2v) is 8.96. The van der Waals surface area contributed by atoms with Crippen molar-refractivity contribution < 1.29 is 9.21 Å². The number of pyridine rings is 1. The molecule has 0 saturated carbocycles. The summed E-state index contributed by atoms with van der Waals surface area (Å²) in [6.45, 7) is 4.30. The van der Waals surface area contributed by atoms with Crippen molar-refractivity contribution in [1.29, 1.82) is 0 Å². The lowest BCUT2D eigenvalue weighted by molar-refractivity contribution is 0.230. The Kier molecular flexibility index (Phi) is 5.94. The molecule has 0 unspecified atom stereocenters. The number of benzene rings is 2. The van der Waals surface area contributed by atoms with Gasteiger partial charge in [-0.05, 0) is 48.5 Å². The highest BCUT2D eigenvalue weighted by Gasteiger charge is 2.15. The third-order valence-corrected chi connectivity index (χ3v) is 6.33. The molecule has 174 valence electrons. The van der Waals surface area contributed by atoms with E-state index in [1.54, 1.807) is 20.4 Å². The first-order valence-corrected chi connectivity index (χ1v) is 11.5. The van der Waals surface area contributed by atoms with Crippen LogP contribution in [0.5, 0.6) is 0 Å². The Labute approximate surface area is 199 Å². The minimum atomic E-state index is -0.160. The third kappa shape index (κ3) is 4.47. The molecule has 1 N–H and O–H groups in total. The van der Waals surface area contributed by atoms with Gasteiger partial charge in [0.05, 0.1) is 0 Å². The first-order valence-electron chi connectivity index (χ1n) is 11.5. The molecule has 0 atom stereocenters. The number of nitrogens with zero attached hydrogens (tertiary/aromatic N) is 4. The van der Waals surface area contributed by atoms with E-state index in [0.29, 0.717) is 0 Å². The van der Waals surface area contributed by atoms with Crippen LogP contribution in [-0.2, 0) is 0 Å². The van der Waals surface area contributed by atoms with E-state index in [1.807, 2.05) is 36.5 Å². The van der Waals surface area contributed by atoms with Gasteiger partial charge in [0.1, 0.15) is 11.8 Å². The van der Waals surface area contributed by atoms with Gasteiger partial charge in [-0.1, -0.05) is 24.3 Å². The smallest absolute Gasteiger partial charge is 0.321 e. The van der Waals surface area contributed by atoms with Crippen LogP contribution in [0.25, 0.3) is 33.4 Å². The molecule has 1 saturated heterocycles. The summed E-state index contributed by atoms with van der Waals surface area (Å²) < 4.78 is 5.87. The van der Waals surface area contributed by atoms with Crippen LogP contribution in [0.2, 0.25) is 0 Å². The number of anilines is 2. The minimum Gasteiger partial charge on any atom is -0.462 e. The largest absolute Gasteiger partial charge is 0.462 e. The number of carbonyl (C=O) groups is 1. The van der Waals surface area contributed by atoms with Gasteiger partial charge >= 0.3 is 6.03 Å². The van der Waals surface area contributed by atoms with Gasteiger partial charge in [-0.3, -0.25) is 4.98 Å². The highest BCUT2D eigenvalue weighted by atomic mass is 16.3. The average Bonchev–Trinajstić information content (AvgIpc) is 3.28. The monoisotopic (exact) mass is 455 g/mol. The topological polar surface area (TPSA) is 64.8 Å².